The zero-order valence-corrected chi connectivity index (χ0v) is 27.5. The van der Waals surface area contributed by atoms with Gasteiger partial charge >= 0.3 is 6.18 Å². The highest BCUT2D eigenvalue weighted by Crippen LogP contribution is 2.46. The summed E-state index contributed by atoms with van der Waals surface area (Å²) in [5, 5.41) is 4.16. The molecule has 3 aliphatic rings. The number of halogens is 4. The molecule has 0 spiro atoms. The molecular formula is C37H38ClF3N4O3. The lowest BCUT2D eigenvalue weighted by Gasteiger charge is -2.40. The molecule has 7 nitrogen and oxygen atoms in total. The minimum Gasteiger partial charge on any atom is -0.495 e. The van der Waals surface area contributed by atoms with Crippen molar-refractivity contribution in [2.45, 2.75) is 50.0 Å². The van der Waals surface area contributed by atoms with Gasteiger partial charge in [-0.2, -0.15) is 13.2 Å². The topological polar surface area (TPSA) is 66.9 Å². The van der Waals surface area contributed by atoms with Crippen LogP contribution < -0.4 is 10.1 Å². The molecule has 1 amide bonds. The SMILES string of the molecule is COc1cc2nc(-c3cccc(C(F)(F)F)c3)c(CN3CCC(N4CCOCC4)CC3)c(C(=O)NC3(c4ccccc4)CC3)c2cc1Cl. The highest BCUT2D eigenvalue weighted by atomic mass is 35.5. The number of piperidine rings is 1. The number of nitrogens with zero attached hydrogens (tertiary/aromatic N) is 3. The second-order valence-electron chi connectivity index (χ2n) is 13.0. The number of benzene rings is 3. The fraction of sp³-hybridized carbons (Fsp3) is 0.405. The highest BCUT2D eigenvalue weighted by molar-refractivity contribution is 6.33. The Morgan fingerprint density at radius 3 is 2.42 bits per heavy atom. The predicted molar refractivity (Wildman–Crippen MR) is 179 cm³/mol. The highest BCUT2D eigenvalue weighted by Gasteiger charge is 2.46. The molecule has 1 aromatic heterocycles. The van der Waals surface area contributed by atoms with E-state index in [1.165, 1.54) is 13.2 Å². The number of likely N-dealkylation sites (tertiary alicyclic amines) is 1. The third kappa shape index (κ3) is 6.63. The smallest absolute Gasteiger partial charge is 0.416 e. The van der Waals surface area contributed by atoms with Crippen LogP contribution in [-0.2, 0) is 23.0 Å². The van der Waals surface area contributed by atoms with Gasteiger partial charge in [-0.3, -0.25) is 14.6 Å². The molecule has 48 heavy (non-hydrogen) atoms. The molecule has 1 aliphatic carbocycles. The van der Waals surface area contributed by atoms with Gasteiger partial charge in [-0.25, -0.2) is 4.98 Å². The quantitative estimate of drug-likeness (QED) is 0.211. The Hall–Kier alpha value is -3.70. The Morgan fingerprint density at radius 2 is 1.75 bits per heavy atom. The number of methoxy groups -OCH3 is 1. The van der Waals surface area contributed by atoms with E-state index in [2.05, 4.69) is 15.1 Å². The number of aromatic nitrogens is 1. The van der Waals surface area contributed by atoms with Crippen molar-refractivity contribution in [3.8, 4) is 17.0 Å². The van der Waals surface area contributed by atoms with Gasteiger partial charge in [0.2, 0.25) is 0 Å². The van der Waals surface area contributed by atoms with Crippen molar-refractivity contribution in [1.29, 1.82) is 0 Å². The van der Waals surface area contributed by atoms with Crippen molar-refractivity contribution in [3.05, 3.63) is 94.0 Å². The predicted octanol–water partition coefficient (Wildman–Crippen LogP) is 7.30. The van der Waals surface area contributed by atoms with E-state index in [1.54, 1.807) is 18.2 Å². The molecule has 252 valence electrons. The molecule has 0 bridgehead atoms. The Morgan fingerprint density at radius 1 is 1.02 bits per heavy atom. The lowest BCUT2D eigenvalue weighted by Crippen LogP contribution is -2.48. The first-order valence-electron chi connectivity index (χ1n) is 16.5. The van der Waals surface area contributed by atoms with Crippen molar-refractivity contribution < 1.29 is 27.4 Å². The third-order valence-electron chi connectivity index (χ3n) is 9.98. The van der Waals surface area contributed by atoms with Gasteiger partial charge in [0.25, 0.3) is 5.91 Å². The van der Waals surface area contributed by atoms with Crippen LogP contribution in [0.1, 0.15) is 52.7 Å². The second-order valence-corrected chi connectivity index (χ2v) is 13.4. The standard InChI is InChI=1S/C37H38ClF3N4O3/c1-47-32-22-31-28(21-30(32)38)33(35(46)43-36(12-13-36)25-7-3-2-4-8-25)29(34(42-31)24-6-5-9-26(20-24)37(39,40)41)23-44-14-10-27(11-15-44)45-16-18-48-19-17-45/h2-9,20-22,27H,10-19,23H2,1H3,(H,43,46). The second kappa shape index (κ2) is 13.3. The fourth-order valence-electron chi connectivity index (χ4n) is 7.21. The van der Waals surface area contributed by atoms with Gasteiger partial charge in [-0.1, -0.05) is 54.1 Å². The number of rotatable bonds is 8. The van der Waals surface area contributed by atoms with Crippen molar-refractivity contribution in [2.24, 2.45) is 0 Å². The molecule has 3 fully saturated rings. The van der Waals surface area contributed by atoms with Crippen LogP contribution in [-0.4, -0.2) is 73.2 Å². The molecular weight excluding hydrogens is 641 g/mol. The van der Waals surface area contributed by atoms with E-state index < -0.39 is 17.3 Å². The summed E-state index contributed by atoms with van der Waals surface area (Å²) < 4.78 is 52.9. The molecule has 3 aromatic carbocycles. The van der Waals surface area contributed by atoms with Gasteiger partial charge in [0.15, 0.2) is 0 Å². The molecule has 3 heterocycles. The molecule has 0 unspecified atom stereocenters. The summed E-state index contributed by atoms with van der Waals surface area (Å²) in [6.07, 6.45) is -1.08. The molecule has 4 aromatic rings. The van der Waals surface area contributed by atoms with Crippen LogP contribution in [0.2, 0.25) is 5.02 Å². The first kappa shape index (κ1) is 32.8. The average molecular weight is 679 g/mol. The lowest BCUT2D eigenvalue weighted by atomic mass is 9.93. The Bertz CT molecular complexity index is 1800. The van der Waals surface area contributed by atoms with Crippen LogP contribution in [0, 0.1) is 0 Å². The molecule has 2 saturated heterocycles. The van der Waals surface area contributed by atoms with Crippen LogP contribution in [0.5, 0.6) is 5.75 Å². The summed E-state index contributed by atoms with van der Waals surface area (Å²) >= 11 is 6.65. The fourth-order valence-corrected chi connectivity index (χ4v) is 7.45. The molecule has 0 atom stereocenters. The van der Waals surface area contributed by atoms with E-state index in [0.29, 0.717) is 51.1 Å². The minimum absolute atomic E-state index is 0.289. The average Bonchev–Trinajstić information content (AvgIpc) is 3.89. The number of morpholine rings is 1. The van der Waals surface area contributed by atoms with E-state index in [9.17, 15) is 18.0 Å². The Labute approximate surface area is 283 Å². The summed E-state index contributed by atoms with van der Waals surface area (Å²) in [5.74, 6) is 0.0512. The number of ether oxygens (including phenoxy) is 2. The van der Waals surface area contributed by atoms with Crippen LogP contribution in [0.25, 0.3) is 22.2 Å². The third-order valence-corrected chi connectivity index (χ3v) is 10.3. The van der Waals surface area contributed by atoms with E-state index in [0.717, 1.165) is 82.8 Å². The first-order chi connectivity index (χ1) is 23.1. The molecule has 0 radical (unpaired) electrons. The maximum atomic E-state index is 14.7. The zero-order valence-electron chi connectivity index (χ0n) is 26.8. The van der Waals surface area contributed by atoms with Gasteiger partial charge in [0.1, 0.15) is 5.75 Å². The number of carbonyl (C=O) groups is 1. The normalized spacial score (nSPS) is 18.9. The summed E-state index contributed by atoms with van der Waals surface area (Å²) in [6, 6.07) is 18.8. The summed E-state index contributed by atoms with van der Waals surface area (Å²) in [4.78, 5) is 24.4. The number of pyridine rings is 1. The van der Waals surface area contributed by atoms with Crippen molar-refractivity contribution in [3.63, 3.8) is 0 Å². The summed E-state index contributed by atoms with van der Waals surface area (Å²) in [6.45, 7) is 5.20. The number of fused-ring (bicyclic) bond motifs is 1. The number of hydrogen-bond donors (Lipinski definition) is 1. The van der Waals surface area contributed by atoms with Crippen LogP contribution >= 0.6 is 11.6 Å². The van der Waals surface area contributed by atoms with Crippen LogP contribution in [0.15, 0.2) is 66.7 Å². The number of nitrogens with one attached hydrogen (secondary N) is 1. The van der Waals surface area contributed by atoms with E-state index in [4.69, 9.17) is 26.1 Å². The maximum absolute atomic E-state index is 14.7. The van der Waals surface area contributed by atoms with Gasteiger partial charge in [0, 0.05) is 48.3 Å². The molecule has 1 saturated carbocycles. The Balaban J connectivity index is 1.34. The minimum atomic E-state index is -4.54. The van der Waals surface area contributed by atoms with Crippen molar-refractivity contribution in [1.82, 2.24) is 20.1 Å². The van der Waals surface area contributed by atoms with E-state index in [-0.39, 0.29) is 11.5 Å². The van der Waals surface area contributed by atoms with E-state index in [1.807, 2.05) is 30.3 Å². The Kier molecular flexibility index (Phi) is 9.10. The van der Waals surface area contributed by atoms with Gasteiger partial charge < -0.3 is 14.8 Å². The summed E-state index contributed by atoms with van der Waals surface area (Å²) in [5.41, 5.74) is 1.70. The van der Waals surface area contributed by atoms with Gasteiger partial charge in [-0.15, -0.1) is 0 Å². The number of carbonyl (C=O) groups excluding carboxylic acids is 1. The zero-order chi connectivity index (χ0) is 33.5. The lowest BCUT2D eigenvalue weighted by molar-refractivity contribution is -0.137. The summed E-state index contributed by atoms with van der Waals surface area (Å²) in [7, 11) is 1.49. The molecule has 2 aliphatic heterocycles. The molecule has 11 heteroatoms. The largest absolute Gasteiger partial charge is 0.495 e. The van der Waals surface area contributed by atoms with E-state index >= 15 is 0 Å². The number of hydrogen-bond acceptors (Lipinski definition) is 6. The molecule has 1 N–H and O–H groups in total. The monoisotopic (exact) mass is 678 g/mol. The molecule has 7 rings (SSSR count). The van der Waals surface area contributed by atoms with Crippen LogP contribution in [0.3, 0.4) is 0 Å². The van der Waals surface area contributed by atoms with Crippen molar-refractivity contribution in [2.75, 3.05) is 46.5 Å². The van der Waals surface area contributed by atoms with Gasteiger partial charge in [0.05, 0.1) is 53.2 Å². The number of alkyl halides is 3. The van der Waals surface area contributed by atoms with Gasteiger partial charge in [-0.05, 0) is 62.5 Å². The first-order valence-corrected chi connectivity index (χ1v) is 16.8. The maximum Gasteiger partial charge on any atom is 0.416 e. The number of amides is 1. The van der Waals surface area contributed by atoms with Crippen molar-refractivity contribution >= 4 is 28.4 Å². The van der Waals surface area contributed by atoms with Crippen LogP contribution in [0.4, 0.5) is 13.2 Å².